The molecule has 0 aromatic heterocycles. The minimum atomic E-state index is -0.757. The van der Waals surface area contributed by atoms with Gasteiger partial charge in [0.2, 0.25) is 5.91 Å². The first-order chi connectivity index (χ1) is 14.9. The van der Waals surface area contributed by atoms with E-state index in [4.69, 9.17) is 11.6 Å². The van der Waals surface area contributed by atoms with Gasteiger partial charge in [0, 0.05) is 16.3 Å². The average Bonchev–Trinajstić information content (AvgIpc) is 3.21. The zero-order chi connectivity index (χ0) is 22.0. The Morgan fingerprint density at radius 1 is 1.13 bits per heavy atom. The van der Waals surface area contributed by atoms with Gasteiger partial charge in [0.1, 0.15) is 5.82 Å². The number of anilines is 1. The zero-order valence-corrected chi connectivity index (χ0v) is 18.1. The van der Waals surface area contributed by atoms with E-state index in [0.717, 1.165) is 37.7 Å². The Balaban J connectivity index is 1.55. The summed E-state index contributed by atoms with van der Waals surface area (Å²) < 4.78 is 14.7. The minimum absolute atomic E-state index is 0.0871. The molecule has 2 aromatic rings. The number of amides is 1. The van der Waals surface area contributed by atoms with Gasteiger partial charge in [-0.05, 0) is 67.9 Å². The topological polar surface area (TPSA) is 66.4 Å². The van der Waals surface area contributed by atoms with Crippen LogP contribution in [-0.2, 0) is 16.0 Å². The summed E-state index contributed by atoms with van der Waals surface area (Å²) in [7, 11) is 0. The highest BCUT2D eigenvalue weighted by atomic mass is 35.5. The fourth-order valence-corrected chi connectivity index (χ4v) is 5.25. The molecule has 2 N–H and O–H groups in total. The van der Waals surface area contributed by atoms with Crippen LogP contribution in [0.3, 0.4) is 0 Å². The monoisotopic (exact) mass is 443 g/mol. The molecule has 2 saturated carbocycles. The number of carboxylic acids is 1. The molecule has 31 heavy (non-hydrogen) atoms. The third-order valence-electron chi connectivity index (χ3n) is 6.95. The number of carboxylic acid groups (broad SMARTS) is 1. The van der Waals surface area contributed by atoms with Crippen molar-refractivity contribution < 1.29 is 19.1 Å². The molecule has 164 valence electrons. The molecule has 2 aliphatic rings. The molecule has 0 unspecified atom stereocenters. The maximum atomic E-state index is 14.7. The fraction of sp³-hybridized carbons (Fsp3) is 0.440. The second-order valence-electron chi connectivity index (χ2n) is 8.99. The van der Waals surface area contributed by atoms with Crippen molar-refractivity contribution in [3.63, 3.8) is 0 Å². The lowest BCUT2D eigenvalue weighted by Crippen LogP contribution is -2.39. The van der Waals surface area contributed by atoms with Crippen LogP contribution in [-0.4, -0.2) is 17.0 Å². The molecule has 4 rings (SSSR count). The molecule has 0 spiro atoms. The van der Waals surface area contributed by atoms with Gasteiger partial charge in [-0.3, -0.25) is 9.59 Å². The molecule has 1 amide bonds. The number of hydrogen-bond donors (Lipinski definition) is 2. The summed E-state index contributed by atoms with van der Waals surface area (Å²) in [5.41, 5.74) is 1.18. The van der Waals surface area contributed by atoms with E-state index in [9.17, 15) is 19.1 Å². The summed E-state index contributed by atoms with van der Waals surface area (Å²) in [5.74, 6) is -1.94. The van der Waals surface area contributed by atoms with Crippen molar-refractivity contribution in [1.82, 2.24) is 0 Å². The van der Waals surface area contributed by atoms with Gasteiger partial charge in [0.05, 0.1) is 11.3 Å². The molecule has 0 saturated heterocycles. The molecule has 2 aliphatic carbocycles. The fourth-order valence-electron chi connectivity index (χ4n) is 5.09. The zero-order valence-electron chi connectivity index (χ0n) is 17.4. The van der Waals surface area contributed by atoms with Crippen molar-refractivity contribution in [2.75, 3.05) is 5.32 Å². The van der Waals surface area contributed by atoms with Crippen molar-refractivity contribution in [2.45, 2.75) is 57.3 Å². The van der Waals surface area contributed by atoms with Gasteiger partial charge in [0.25, 0.3) is 0 Å². The summed E-state index contributed by atoms with van der Waals surface area (Å²) in [6.45, 7) is 0. The van der Waals surface area contributed by atoms with Crippen molar-refractivity contribution >= 4 is 29.2 Å². The molecule has 0 bridgehead atoms. The Kier molecular flexibility index (Phi) is 6.33. The number of aliphatic carboxylic acids is 1. The Labute approximate surface area is 186 Å². The second kappa shape index (κ2) is 8.99. The SMILES string of the molecule is O=C(Nc1cccc(CC2(C(=O)O)CCC2)c1)[C@H](c1ccc(Cl)cc1F)C1CCCC1. The first-order valence-electron chi connectivity index (χ1n) is 11.0. The molecule has 1 atom stereocenters. The van der Waals surface area contributed by atoms with E-state index in [1.807, 2.05) is 18.2 Å². The van der Waals surface area contributed by atoms with Gasteiger partial charge in [-0.25, -0.2) is 4.39 Å². The minimum Gasteiger partial charge on any atom is -0.481 e. The third kappa shape index (κ3) is 4.62. The van der Waals surface area contributed by atoms with E-state index in [2.05, 4.69) is 5.32 Å². The largest absolute Gasteiger partial charge is 0.481 e. The highest BCUT2D eigenvalue weighted by Crippen LogP contribution is 2.44. The molecule has 4 nitrogen and oxygen atoms in total. The van der Waals surface area contributed by atoms with Crippen LogP contribution in [0.2, 0.25) is 5.02 Å². The first-order valence-corrected chi connectivity index (χ1v) is 11.3. The number of hydrogen-bond acceptors (Lipinski definition) is 2. The lowest BCUT2D eigenvalue weighted by molar-refractivity contribution is -0.154. The van der Waals surface area contributed by atoms with Crippen LogP contribution >= 0.6 is 11.6 Å². The van der Waals surface area contributed by atoms with Gasteiger partial charge in [-0.2, -0.15) is 0 Å². The van der Waals surface area contributed by atoms with E-state index >= 15 is 0 Å². The Hall–Kier alpha value is -2.40. The van der Waals surface area contributed by atoms with Crippen LogP contribution in [0.25, 0.3) is 0 Å². The standard InChI is InChI=1S/C25H27ClFNO3/c26-18-9-10-20(21(27)14-18)22(17-6-1-2-7-17)23(29)28-19-8-3-5-16(13-19)15-25(24(30)31)11-4-12-25/h3,5,8-10,13-14,17,22H,1-2,4,6-7,11-12,15H2,(H,28,29)(H,30,31)/t22-/m0/s1. The van der Waals surface area contributed by atoms with Crippen molar-refractivity contribution in [3.05, 3.63) is 64.4 Å². The highest BCUT2D eigenvalue weighted by molar-refractivity contribution is 6.30. The molecule has 2 fully saturated rings. The predicted octanol–water partition coefficient (Wildman–Crippen LogP) is 6.19. The number of carbonyl (C=O) groups is 2. The summed E-state index contributed by atoms with van der Waals surface area (Å²) in [6.07, 6.45) is 6.59. The predicted molar refractivity (Wildman–Crippen MR) is 119 cm³/mol. The summed E-state index contributed by atoms with van der Waals surface area (Å²) >= 11 is 5.92. The molecule has 0 aliphatic heterocycles. The van der Waals surface area contributed by atoms with Crippen LogP contribution in [0.5, 0.6) is 0 Å². The molecular formula is C25H27ClFNO3. The number of rotatable bonds is 7. The van der Waals surface area contributed by atoms with Crippen molar-refractivity contribution in [1.29, 1.82) is 0 Å². The Morgan fingerprint density at radius 3 is 2.48 bits per heavy atom. The van der Waals surface area contributed by atoms with Gasteiger partial charge in [0.15, 0.2) is 0 Å². The van der Waals surface area contributed by atoms with E-state index in [1.165, 1.54) is 6.07 Å². The summed E-state index contributed by atoms with van der Waals surface area (Å²) in [6, 6.07) is 11.9. The van der Waals surface area contributed by atoms with Crippen LogP contribution in [0.4, 0.5) is 10.1 Å². The highest BCUT2D eigenvalue weighted by Gasteiger charge is 2.44. The third-order valence-corrected chi connectivity index (χ3v) is 7.19. The lowest BCUT2D eigenvalue weighted by Gasteiger charge is -2.37. The van der Waals surface area contributed by atoms with Gasteiger partial charge < -0.3 is 10.4 Å². The van der Waals surface area contributed by atoms with Crippen LogP contribution in [0.15, 0.2) is 42.5 Å². The van der Waals surface area contributed by atoms with Gasteiger partial charge >= 0.3 is 5.97 Å². The van der Waals surface area contributed by atoms with E-state index < -0.39 is 23.1 Å². The Morgan fingerprint density at radius 2 is 1.87 bits per heavy atom. The second-order valence-corrected chi connectivity index (χ2v) is 9.43. The van der Waals surface area contributed by atoms with E-state index in [0.29, 0.717) is 35.5 Å². The van der Waals surface area contributed by atoms with E-state index in [-0.39, 0.29) is 11.8 Å². The first kappa shape index (κ1) is 21.8. The Bertz CT molecular complexity index is 982. The maximum Gasteiger partial charge on any atom is 0.309 e. The molecule has 6 heteroatoms. The van der Waals surface area contributed by atoms with Gasteiger partial charge in [-0.1, -0.05) is 49.1 Å². The smallest absolute Gasteiger partial charge is 0.309 e. The molecule has 0 heterocycles. The number of nitrogens with one attached hydrogen (secondary N) is 1. The number of benzene rings is 2. The van der Waals surface area contributed by atoms with Crippen LogP contribution in [0, 0.1) is 17.2 Å². The average molecular weight is 444 g/mol. The molecule has 2 aromatic carbocycles. The van der Waals surface area contributed by atoms with Crippen LogP contribution in [0.1, 0.15) is 62.0 Å². The quantitative estimate of drug-likeness (QED) is 0.536. The summed E-state index contributed by atoms with van der Waals surface area (Å²) in [4.78, 5) is 25.0. The van der Waals surface area contributed by atoms with Crippen molar-refractivity contribution in [2.24, 2.45) is 11.3 Å². The molecule has 0 radical (unpaired) electrons. The van der Waals surface area contributed by atoms with E-state index in [1.54, 1.807) is 18.2 Å². The van der Waals surface area contributed by atoms with Gasteiger partial charge in [-0.15, -0.1) is 0 Å². The maximum absolute atomic E-state index is 14.7. The van der Waals surface area contributed by atoms with Crippen LogP contribution < -0.4 is 5.32 Å². The molecular weight excluding hydrogens is 417 g/mol. The van der Waals surface area contributed by atoms with Crippen molar-refractivity contribution in [3.8, 4) is 0 Å². The number of halogens is 2. The summed E-state index contributed by atoms with van der Waals surface area (Å²) in [5, 5.41) is 12.9. The normalized spacial score (nSPS) is 18.9. The lowest BCUT2D eigenvalue weighted by atomic mass is 9.65. The number of carbonyl (C=O) groups excluding carboxylic acids is 1.